The molecule has 0 radical (unpaired) electrons. The highest BCUT2D eigenvalue weighted by Gasteiger charge is 2.14. The predicted octanol–water partition coefficient (Wildman–Crippen LogP) is 5.38. The number of hydrogen-bond acceptors (Lipinski definition) is 2. The average molecular weight is 303 g/mol. The molecule has 0 aliphatic carbocycles. The maximum atomic E-state index is 14.2. The van der Waals surface area contributed by atoms with Gasteiger partial charge in [-0.25, -0.2) is 4.39 Å². The van der Waals surface area contributed by atoms with E-state index >= 15 is 0 Å². The molecule has 21 heavy (non-hydrogen) atoms. The van der Waals surface area contributed by atoms with Crippen molar-refractivity contribution >= 4 is 11.8 Å². The summed E-state index contributed by atoms with van der Waals surface area (Å²) >= 11 is 1.49. The zero-order chi connectivity index (χ0) is 15.4. The molecule has 0 saturated carbocycles. The van der Waals surface area contributed by atoms with Gasteiger partial charge in [0, 0.05) is 10.9 Å². The Balaban J connectivity index is 2.30. The quantitative estimate of drug-likeness (QED) is 0.795. The van der Waals surface area contributed by atoms with E-state index in [9.17, 15) is 4.39 Å². The van der Waals surface area contributed by atoms with Crippen LogP contribution in [0, 0.1) is 5.82 Å². The first-order valence-electron chi connectivity index (χ1n) is 7.26. The first-order chi connectivity index (χ1) is 10.0. The van der Waals surface area contributed by atoms with Crippen molar-refractivity contribution in [3.63, 3.8) is 0 Å². The van der Waals surface area contributed by atoms with Crippen molar-refractivity contribution in [2.45, 2.75) is 42.5 Å². The van der Waals surface area contributed by atoms with Gasteiger partial charge in [0.25, 0.3) is 0 Å². The van der Waals surface area contributed by atoms with E-state index in [0.29, 0.717) is 10.8 Å². The molecule has 0 amide bonds. The SMILES string of the molecule is CNC(C)c1cccc(F)c1Sc1ccc(C(C)C)cc1. The molecule has 0 saturated heterocycles. The number of rotatable bonds is 5. The smallest absolute Gasteiger partial charge is 0.137 e. The highest BCUT2D eigenvalue weighted by atomic mass is 32.2. The summed E-state index contributed by atoms with van der Waals surface area (Å²) < 4.78 is 14.2. The molecule has 1 N–H and O–H groups in total. The summed E-state index contributed by atoms with van der Waals surface area (Å²) in [7, 11) is 1.89. The second kappa shape index (κ2) is 7.10. The van der Waals surface area contributed by atoms with Gasteiger partial charge < -0.3 is 5.32 Å². The van der Waals surface area contributed by atoms with Gasteiger partial charge in [0.15, 0.2) is 0 Å². The second-order valence-corrected chi connectivity index (χ2v) is 6.58. The lowest BCUT2D eigenvalue weighted by atomic mass is 10.0. The molecule has 0 heterocycles. The van der Waals surface area contributed by atoms with Crippen molar-refractivity contribution in [3.05, 3.63) is 59.4 Å². The van der Waals surface area contributed by atoms with E-state index in [1.165, 1.54) is 23.4 Å². The third kappa shape index (κ3) is 3.86. The molecular weight excluding hydrogens is 281 g/mol. The fraction of sp³-hybridized carbons (Fsp3) is 0.333. The van der Waals surface area contributed by atoms with Crippen molar-refractivity contribution < 1.29 is 4.39 Å². The number of benzene rings is 2. The van der Waals surface area contributed by atoms with Gasteiger partial charge in [0.2, 0.25) is 0 Å². The summed E-state index contributed by atoms with van der Waals surface area (Å²) in [5.74, 6) is 0.352. The molecule has 2 rings (SSSR count). The van der Waals surface area contributed by atoms with E-state index in [-0.39, 0.29) is 11.9 Å². The number of nitrogens with one attached hydrogen (secondary N) is 1. The van der Waals surface area contributed by atoms with Crippen molar-refractivity contribution in [2.75, 3.05) is 7.05 Å². The fourth-order valence-electron chi connectivity index (χ4n) is 2.17. The third-order valence-electron chi connectivity index (χ3n) is 3.66. The van der Waals surface area contributed by atoms with Gasteiger partial charge in [-0.1, -0.05) is 49.9 Å². The predicted molar refractivity (Wildman–Crippen MR) is 88.5 cm³/mol. The van der Waals surface area contributed by atoms with E-state index in [1.54, 1.807) is 6.07 Å². The molecular formula is C18H22FNS. The molecule has 0 bridgehead atoms. The molecule has 0 aromatic heterocycles. The lowest BCUT2D eigenvalue weighted by molar-refractivity contribution is 0.576. The molecule has 0 aliphatic heterocycles. The molecule has 0 spiro atoms. The van der Waals surface area contributed by atoms with Gasteiger partial charge >= 0.3 is 0 Å². The molecule has 2 aromatic carbocycles. The Morgan fingerprint density at radius 3 is 2.24 bits per heavy atom. The summed E-state index contributed by atoms with van der Waals surface area (Å²) in [6.07, 6.45) is 0. The second-order valence-electron chi connectivity index (χ2n) is 5.49. The summed E-state index contributed by atoms with van der Waals surface area (Å²) in [5, 5.41) is 3.18. The van der Waals surface area contributed by atoms with Gasteiger partial charge in [0.05, 0.1) is 4.90 Å². The average Bonchev–Trinajstić information content (AvgIpc) is 2.49. The van der Waals surface area contributed by atoms with E-state index in [1.807, 2.05) is 20.0 Å². The van der Waals surface area contributed by atoms with Gasteiger partial charge in [-0.2, -0.15) is 0 Å². The van der Waals surface area contributed by atoms with Crippen molar-refractivity contribution in [1.29, 1.82) is 0 Å². The molecule has 1 nitrogen and oxygen atoms in total. The van der Waals surface area contributed by atoms with Gasteiger partial charge in [0.1, 0.15) is 5.82 Å². The Morgan fingerprint density at radius 1 is 1.00 bits per heavy atom. The van der Waals surface area contributed by atoms with Crippen LogP contribution >= 0.6 is 11.8 Å². The van der Waals surface area contributed by atoms with E-state index in [2.05, 4.69) is 43.4 Å². The minimum Gasteiger partial charge on any atom is -0.313 e. The van der Waals surface area contributed by atoms with E-state index in [4.69, 9.17) is 0 Å². The summed E-state index contributed by atoms with van der Waals surface area (Å²) in [6, 6.07) is 13.8. The Morgan fingerprint density at radius 2 is 1.67 bits per heavy atom. The van der Waals surface area contributed by atoms with Crippen LogP contribution in [0.4, 0.5) is 4.39 Å². The van der Waals surface area contributed by atoms with Crippen molar-refractivity contribution in [2.24, 2.45) is 0 Å². The number of halogens is 1. The van der Waals surface area contributed by atoms with E-state index < -0.39 is 0 Å². The molecule has 112 valence electrons. The lowest BCUT2D eigenvalue weighted by Crippen LogP contribution is -2.13. The van der Waals surface area contributed by atoms with Crippen molar-refractivity contribution in [1.82, 2.24) is 5.32 Å². The van der Waals surface area contributed by atoms with E-state index in [0.717, 1.165) is 10.5 Å². The van der Waals surface area contributed by atoms with Crippen LogP contribution in [0.3, 0.4) is 0 Å². The summed E-state index contributed by atoms with van der Waals surface area (Å²) in [6.45, 7) is 6.39. The first kappa shape index (κ1) is 16.1. The molecule has 1 atom stereocenters. The molecule has 2 aromatic rings. The van der Waals surface area contributed by atoms with Crippen LogP contribution in [0.1, 0.15) is 43.9 Å². The van der Waals surface area contributed by atoms with Crippen LogP contribution in [0.5, 0.6) is 0 Å². The topological polar surface area (TPSA) is 12.0 Å². The minimum absolute atomic E-state index is 0.123. The Hall–Kier alpha value is -1.32. The monoisotopic (exact) mass is 303 g/mol. The van der Waals surface area contributed by atoms with Crippen LogP contribution in [0.25, 0.3) is 0 Å². The van der Waals surface area contributed by atoms with Crippen LogP contribution in [-0.4, -0.2) is 7.05 Å². The molecule has 0 fully saturated rings. The lowest BCUT2D eigenvalue weighted by Gasteiger charge is -2.16. The molecule has 1 unspecified atom stereocenters. The summed E-state index contributed by atoms with van der Waals surface area (Å²) in [4.78, 5) is 1.77. The first-order valence-corrected chi connectivity index (χ1v) is 8.08. The highest BCUT2D eigenvalue weighted by molar-refractivity contribution is 7.99. The van der Waals surface area contributed by atoms with Crippen LogP contribution in [0.2, 0.25) is 0 Å². The van der Waals surface area contributed by atoms with Gasteiger partial charge in [-0.05, 0) is 49.2 Å². The van der Waals surface area contributed by atoms with Crippen LogP contribution in [-0.2, 0) is 0 Å². The maximum Gasteiger partial charge on any atom is 0.137 e. The fourth-order valence-corrected chi connectivity index (χ4v) is 3.20. The molecule has 0 aliphatic rings. The minimum atomic E-state index is -0.160. The largest absolute Gasteiger partial charge is 0.313 e. The van der Waals surface area contributed by atoms with Gasteiger partial charge in [-0.3, -0.25) is 0 Å². The van der Waals surface area contributed by atoms with Crippen LogP contribution in [0.15, 0.2) is 52.3 Å². The van der Waals surface area contributed by atoms with Crippen LogP contribution < -0.4 is 5.32 Å². The Kier molecular flexibility index (Phi) is 5.43. The Labute approximate surface area is 131 Å². The zero-order valence-corrected chi connectivity index (χ0v) is 13.8. The maximum absolute atomic E-state index is 14.2. The Bertz CT molecular complexity index is 593. The molecule has 3 heteroatoms. The van der Waals surface area contributed by atoms with Crippen molar-refractivity contribution in [3.8, 4) is 0 Å². The number of hydrogen-bond donors (Lipinski definition) is 1. The third-order valence-corrected chi connectivity index (χ3v) is 4.81. The standard InChI is InChI=1S/C18H22FNS/c1-12(2)14-8-10-15(11-9-14)21-18-16(13(3)20-4)6-5-7-17(18)19/h5-13,20H,1-4H3. The zero-order valence-electron chi connectivity index (χ0n) is 13.0. The highest BCUT2D eigenvalue weighted by Crippen LogP contribution is 2.35. The summed E-state index contributed by atoms with van der Waals surface area (Å²) in [5.41, 5.74) is 2.30. The van der Waals surface area contributed by atoms with Gasteiger partial charge in [-0.15, -0.1) is 0 Å². The normalized spacial score (nSPS) is 12.7.